The number of methoxy groups -OCH3 is 1. The number of carbonyl (C=O) groups excluding carboxylic acids is 2. The van der Waals surface area contributed by atoms with Crippen molar-refractivity contribution in [3.05, 3.63) is 33.0 Å². The second kappa shape index (κ2) is 8.96. The van der Waals surface area contributed by atoms with Crippen molar-refractivity contribution in [1.82, 2.24) is 4.98 Å². The monoisotopic (exact) mass is 396 g/mol. The third-order valence-electron chi connectivity index (χ3n) is 3.51. The molecule has 1 rings (SSSR count). The average molecular weight is 396 g/mol. The molecule has 0 aliphatic rings. The van der Waals surface area contributed by atoms with Crippen molar-refractivity contribution in [2.24, 2.45) is 11.1 Å². The minimum Gasteiger partial charge on any atom is -0.465 e. The number of ketones is 1. The highest BCUT2D eigenvalue weighted by atomic mass is 19.4. The second-order valence-corrected chi connectivity index (χ2v) is 5.99. The molecule has 0 fully saturated rings. The molecule has 1 aromatic rings. The van der Waals surface area contributed by atoms with Crippen LogP contribution in [0.1, 0.15) is 64.4 Å². The number of aromatic nitrogens is 1. The third-order valence-corrected chi connectivity index (χ3v) is 3.51. The van der Waals surface area contributed by atoms with E-state index >= 15 is 0 Å². The highest BCUT2D eigenvalue weighted by Crippen LogP contribution is 2.38. The van der Waals surface area contributed by atoms with E-state index in [0.29, 0.717) is 0 Å². The number of pyridine rings is 1. The quantitative estimate of drug-likeness (QED) is 0.282. The highest BCUT2D eigenvalue weighted by molar-refractivity contribution is 6.03. The summed E-state index contributed by atoms with van der Waals surface area (Å²) in [6.45, 7) is 2.53. The van der Waals surface area contributed by atoms with Gasteiger partial charge in [0.1, 0.15) is 5.69 Å². The fourth-order valence-electron chi connectivity index (χ4n) is 2.53. The summed E-state index contributed by atoms with van der Waals surface area (Å²) in [6.07, 6.45) is -9.71. The summed E-state index contributed by atoms with van der Waals surface area (Å²) in [4.78, 5) is 37.5. The zero-order valence-electron chi connectivity index (χ0n) is 14.7. The topological polar surface area (TPSA) is 85.7 Å². The number of halogens is 5. The molecule has 6 nitrogen and oxygen atoms in total. The number of nitroso groups, excluding NO2 is 1. The molecule has 1 heterocycles. The predicted octanol–water partition coefficient (Wildman–Crippen LogP) is 4.36. The van der Waals surface area contributed by atoms with Gasteiger partial charge in [-0.25, -0.2) is 18.6 Å². The number of nitrogens with zero attached hydrogens (tertiary/aromatic N) is 2. The molecule has 0 N–H and O–H groups in total. The Morgan fingerprint density at radius 3 is 2.19 bits per heavy atom. The molecule has 0 saturated carbocycles. The summed E-state index contributed by atoms with van der Waals surface area (Å²) in [7, 11) is 0.867. The van der Waals surface area contributed by atoms with E-state index in [2.05, 4.69) is 14.9 Å². The van der Waals surface area contributed by atoms with Crippen molar-refractivity contribution in [1.29, 1.82) is 0 Å². The van der Waals surface area contributed by atoms with Crippen LogP contribution in [0.2, 0.25) is 0 Å². The van der Waals surface area contributed by atoms with Crippen LogP contribution in [0.4, 0.5) is 22.0 Å². The molecule has 0 atom stereocenters. The lowest BCUT2D eigenvalue weighted by atomic mass is 9.88. The van der Waals surface area contributed by atoms with Gasteiger partial charge in [0.2, 0.25) is 0 Å². The van der Waals surface area contributed by atoms with E-state index in [0.717, 1.165) is 7.11 Å². The minimum absolute atomic E-state index is 0.286. The van der Waals surface area contributed by atoms with Crippen molar-refractivity contribution in [2.75, 3.05) is 13.7 Å². The molecule has 0 saturated heterocycles. The van der Waals surface area contributed by atoms with Gasteiger partial charge in [-0.2, -0.15) is 18.1 Å². The predicted molar refractivity (Wildman–Crippen MR) is 83.7 cm³/mol. The van der Waals surface area contributed by atoms with Gasteiger partial charge in [-0.1, -0.05) is 19.0 Å². The van der Waals surface area contributed by atoms with Crippen molar-refractivity contribution >= 4 is 11.8 Å². The average Bonchev–Trinajstić information content (AvgIpc) is 2.56. The minimum atomic E-state index is -5.23. The van der Waals surface area contributed by atoms with Crippen LogP contribution in [0.5, 0.6) is 0 Å². The molecule has 0 aliphatic carbocycles. The molecule has 0 amide bonds. The normalized spacial score (nSPS) is 11.8. The van der Waals surface area contributed by atoms with Crippen molar-refractivity contribution < 1.29 is 36.3 Å². The molecule has 0 bridgehead atoms. The SMILES string of the molecule is COC(=O)c1c(C(F)F)nc(C(F)(F)F)c(C(=O)CCN=O)c1CC(C)C. The zero-order valence-corrected chi connectivity index (χ0v) is 14.7. The maximum absolute atomic E-state index is 13.4. The van der Waals surface area contributed by atoms with E-state index in [9.17, 15) is 36.4 Å². The first-order valence-corrected chi connectivity index (χ1v) is 7.78. The van der Waals surface area contributed by atoms with E-state index in [1.807, 2.05) is 0 Å². The Hall–Kier alpha value is -2.46. The lowest BCUT2D eigenvalue weighted by Gasteiger charge is -2.21. The van der Waals surface area contributed by atoms with Crippen LogP contribution in [-0.4, -0.2) is 30.4 Å². The van der Waals surface area contributed by atoms with Gasteiger partial charge in [-0.3, -0.25) is 4.79 Å². The first-order chi connectivity index (χ1) is 12.4. The van der Waals surface area contributed by atoms with E-state index in [1.165, 1.54) is 0 Å². The van der Waals surface area contributed by atoms with Crippen LogP contribution in [-0.2, 0) is 17.3 Å². The molecule has 0 aliphatic heterocycles. The fourth-order valence-corrected chi connectivity index (χ4v) is 2.53. The number of carbonyl (C=O) groups is 2. The molecule has 27 heavy (non-hydrogen) atoms. The van der Waals surface area contributed by atoms with Crippen LogP contribution in [0, 0.1) is 10.8 Å². The zero-order chi connectivity index (χ0) is 20.9. The maximum atomic E-state index is 13.4. The Labute approximate surface area is 151 Å². The second-order valence-electron chi connectivity index (χ2n) is 5.99. The third kappa shape index (κ3) is 5.27. The van der Waals surface area contributed by atoms with Crippen LogP contribution in [0.25, 0.3) is 0 Å². The molecule has 1 aromatic heterocycles. The van der Waals surface area contributed by atoms with E-state index in [-0.39, 0.29) is 6.42 Å². The number of esters is 1. The molecule has 0 unspecified atom stereocenters. The maximum Gasteiger partial charge on any atom is 0.434 e. The van der Waals surface area contributed by atoms with Crippen LogP contribution >= 0.6 is 0 Å². The summed E-state index contributed by atoms with van der Waals surface area (Å²) >= 11 is 0. The van der Waals surface area contributed by atoms with Gasteiger partial charge in [-0.05, 0) is 17.9 Å². The van der Waals surface area contributed by atoms with Crippen molar-refractivity contribution in [3.63, 3.8) is 0 Å². The Morgan fingerprint density at radius 2 is 1.78 bits per heavy atom. The number of hydrogen-bond donors (Lipinski definition) is 0. The van der Waals surface area contributed by atoms with Gasteiger partial charge in [0, 0.05) is 6.42 Å². The Kier molecular flexibility index (Phi) is 7.49. The first kappa shape index (κ1) is 22.6. The van der Waals surface area contributed by atoms with Crippen molar-refractivity contribution in [3.8, 4) is 0 Å². The van der Waals surface area contributed by atoms with Crippen LogP contribution in [0.3, 0.4) is 0 Å². The van der Waals surface area contributed by atoms with Crippen LogP contribution in [0.15, 0.2) is 5.18 Å². The van der Waals surface area contributed by atoms with E-state index in [4.69, 9.17) is 0 Å². The van der Waals surface area contributed by atoms with E-state index < -0.39 is 71.3 Å². The van der Waals surface area contributed by atoms with Crippen LogP contribution < -0.4 is 0 Å². The molecule has 0 radical (unpaired) electrons. The van der Waals surface area contributed by atoms with E-state index in [1.54, 1.807) is 13.8 Å². The summed E-state index contributed by atoms with van der Waals surface area (Å²) in [5.74, 6) is -2.89. The smallest absolute Gasteiger partial charge is 0.434 e. The number of ether oxygens (including phenoxy) is 1. The van der Waals surface area contributed by atoms with Gasteiger partial charge in [0.15, 0.2) is 11.5 Å². The summed E-state index contributed by atoms with van der Waals surface area (Å²) in [5.41, 5.74) is -5.63. The largest absolute Gasteiger partial charge is 0.465 e. The summed E-state index contributed by atoms with van der Waals surface area (Å²) in [6, 6.07) is 0. The Balaban J connectivity index is 4.00. The lowest BCUT2D eigenvalue weighted by molar-refractivity contribution is -0.141. The lowest BCUT2D eigenvalue weighted by Crippen LogP contribution is -2.25. The molecule has 0 aromatic carbocycles. The van der Waals surface area contributed by atoms with Gasteiger partial charge in [-0.15, -0.1) is 0 Å². The fraction of sp³-hybridized carbons (Fsp3) is 0.562. The molecular formula is C16H17F5N2O4. The number of Topliss-reactive ketones (excluding diaryl/α,β-unsaturated/α-hetero) is 1. The highest BCUT2D eigenvalue weighted by Gasteiger charge is 2.42. The number of rotatable bonds is 8. The Bertz CT molecular complexity index is 733. The molecule has 150 valence electrons. The number of hydrogen-bond acceptors (Lipinski definition) is 6. The van der Waals surface area contributed by atoms with Gasteiger partial charge >= 0.3 is 12.1 Å². The molecular weight excluding hydrogens is 379 g/mol. The van der Waals surface area contributed by atoms with Gasteiger partial charge < -0.3 is 4.74 Å². The number of alkyl halides is 5. The van der Waals surface area contributed by atoms with Gasteiger partial charge in [0.25, 0.3) is 6.43 Å². The van der Waals surface area contributed by atoms with Crippen molar-refractivity contribution in [2.45, 2.75) is 39.3 Å². The Morgan fingerprint density at radius 1 is 1.19 bits per heavy atom. The summed E-state index contributed by atoms with van der Waals surface area (Å²) in [5, 5.41) is 2.42. The molecule has 11 heteroatoms. The van der Waals surface area contributed by atoms with Gasteiger partial charge in [0.05, 0.1) is 24.8 Å². The summed E-state index contributed by atoms with van der Waals surface area (Å²) < 4.78 is 71.5. The first-order valence-electron chi connectivity index (χ1n) is 7.78. The molecule has 0 spiro atoms. The standard InChI is InChI=1S/C16H17F5N2O4/c1-7(2)6-8-10(9(24)4-5-22-26)13(16(19,20)21)23-12(14(17)18)11(8)15(25)27-3/h7,14H,4-6H2,1-3H3.